The second kappa shape index (κ2) is 6.78. The number of nitrogens with zero attached hydrogens (tertiary/aromatic N) is 2. The van der Waals surface area contributed by atoms with Gasteiger partial charge in [-0.2, -0.15) is 5.10 Å². The molecular weight excluding hydrogens is 306 g/mol. The fourth-order valence-electron chi connectivity index (χ4n) is 2.28. The highest BCUT2D eigenvalue weighted by atomic mass is 16.5. The molecule has 0 saturated heterocycles. The Morgan fingerprint density at radius 1 is 1.00 bits per heavy atom. The van der Waals surface area contributed by atoms with Crippen LogP contribution in [0.5, 0.6) is 0 Å². The number of anilines is 1. The second-order valence-corrected chi connectivity index (χ2v) is 4.97. The highest BCUT2D eigenvalue weighted by Gasteiger charge is 2.22. The van der Waals surface area contributed by atoms with Crippen molar-refractivity contribution in [3.05, 3.63) is 78.1 Å². The average molecular weight is 321 g/mol. The molecule has 6 nitrogen and oxygen atoms in total. The predicted octanol–water partition coefficient (Wildman–Crippen LogP) is 2.91. The fraction of sp³-hybridized carbons (Fsp3) is 0.0556. The molecule has 3 aromatic rings. The van der Waals surface area contributed by atoms with Crippen LogP contribution < -0.4 is 5.32 Å². The summed E-state index contributed by atoms with van der Waals surface area (Å²) in [6.07, 6.45) is 1.43. The van der Waals surface area contributed by atoms with Crippen LogP contribution in [0, 0.1) is 0 Å². The number of amides is 1. The largest absolute Gasteiger partial charge is 0.464 e. The summed E-state index contributed by atoms with van der Waals surface area (Å²) in [6.45, 7) is 0. The SMILES string of the molecule is COC(=O)c1c(NC(=O)c2ccccc2)cnn1-c1ccccc1. The molecule has 3 rings (SSSR count). The normalized spacial score (nSPS) is 10.2. The molecule has 1 aromatic heterocycles. The minimum Gasteiger partial charge on any atom is -0.464 e. The summed E-state index contributed by atoms with van der Waals surface area (Å²) in [5.74, 6) is -0.909. The van der Waals surface area contributed by atoms with Crippen molar-refractivity contribution in [2.45, 2.75) is 0 Å². The van der Waals surface area contributed by atoms with Gasteiger partial charge in [-0.25, -0.2) is 9.48 Å². The van der Waals surface area contributed by atoms with Crippen LogP contribution in [0.25, 0.3) is 5.69 Å². The summed E-state index contributed by atoms with van der Waals surface area (Å²) in [5.41, 5.74) is 1.63. The molecule has 0 atom stereocenters. The molecule has 0 radical (unpaired) electrons. The highest BCUT2D eigenvalue weighted by Crippen LogP contribution is 2.21. The molecule has 1 heterocycles. The van der Waals surface area contributed by atoms with Crippen LogP contribution in [0.4, 0.5) is 5.69 Å². The van der Waals surface area contributed by atoms with Crippen LogP contribution in [0.15, 0.2) is 66.9 Å². The van der Waals surface area contributed by atoms with Crippen LogP contribution in [-0.4, -0.2) is 28.8 Å². The van der Waals surface area contributed by atoms with Crippen molar-refractivity contribution in [2.75, 3.05) is 12.4 Å². The number of hydrogen-bond donors (Lipinski definition) is 1. The molecule has 0 aliphatic heterocycles. The highest BCUT2D eigenvalue weighted by molar-refractivity contribution is 6.07. The number of esters is 1. The standard InChI is InChI=1S/C18H15N3O3/c1-24-18(23)16-15(20-17(22)13-8-4-2-5-9-13)12-19-21(16)14-10-6-3-7-11-14/h2-12H,1H3,(H,20,22). The van der Waals surface area contributed by atoms with Gasteiger partial charge in [0.15, 0.2) is 5.69 Å². The molecule has 1 N–H and O–H groups in total. The van der Waals surface area contributed by atoms with Gasteiger partial charge in [-0.05, 0) is 24.3 Å². The Kier molecular flexibility index (Phi) is 4.38. The van der Waals surface area contributed by atoms with Gasteiger partial charge in [-0.15, -0.1) is 0 Å². The Morgan fingerprint density at radius 3 is 2.25 bits per heavy atom. The van der Waals surface area contributed by atoms with Crippen molar-refractivity contribution in [1.82, 2.24) is 9.78 Å². The molecule has 0 fully saturated rings. The van der Waals surface area contributed by atoms with Gasteiger partial charge in [0.2, 0.25) is 0 Å². The first-order chi connectivity index (χ1) is 11.7. The van der Waals surface area contributed by atoms with Gasteiger partial charge in [0.25, 0.3) is 5.91 Å². The molecular formula is C18H15N3O3. The molecule has 0 bridgehead atoms. The molecule has 0 aliphatic carbocycles. The van der Waals surface area contributed by atoms with E-state index < -0.39 is 5.97 Å². The number of methoxy groups -OCH3 is 1. The van der Waals surface area contributed by atoms with Crippen molar-refractivity contribution in [3.63, 3.8) is 0 Å². The van der Waals surface area contributed by atoms with Crippen molar-refractivity contribution in [3.8, 4) is 5.69 Å². The summed E-state index contributed by atoms with van der Waals surface area (Å²) in [5, 5.41) is 6.91. The van der Waals surface area contributed by atoms with Crippen molar-refractivity contribution >= 4 is 17.6 Å². The maximum atomic E-state index is 12.3. The Balaban J connectivity index is 1.98. The number of nitrogens with one attached hydrogen (secondary N) is 1. The van der Waals surface area contributed by atoms with E-state index in [9.17, 15) is 9.59 Å². The third-order valence-electron chi connectivity index (χ3n) is 3.43. The smallest absolute Gasteiger partial charge is 0.358 e. The van der Waals surface area contributed by atoms with Crippen molar-refractivity contribution < 1.29 is 14.3 Å². The number of ether oxygens (including phenoxy) is 1. The van der Waals surface area contributed by atoms with Gasteiger partial charge in [0, 0.05) is 5.56 Å². The van der Waals surface area contributed by atoms with Crippen LogP contribution in [0.3, 0.4) is 0 Å². The number of benzene rings is 2. The van der Waals surface area contributed by atoms with Crippen LogP contribution >= 0.6 is 0 Å². The monoisotopic (exact) mass is 321 g/mol. The van der Waals surface area contributed by atoms with Crippen LogP contribution in [0.2, 0.25) is 0 Å². The molecule has 0 aliphatic rings. The lowest BCUT2D eigenvalue weighted by atomic mass is 10.2. The van der Waals surface area contributed by atoms with E-state index in [1.165, 1.54) is 18.0 Å². The maximum absolute atomic E-state index is 12.3. The minimum atomic E-state index is -0.584. The van der Waals surface area contributed by atoms with Gasteiger partial charge in [-0.3, -0.25) is 4.79 Å². The summed E-state index contributed by atoms with van der Waals surface area (Å²) >= 11 is 0. The molecule has 2 aromatic carbocycles. The van der Waals surface area contributed by atoms with E-state index in [2.05, 4.69) is 10.4 Å². The molecule has 0 spiro atoms. The second-order valence-electron chi connectivity index (χ2n) is 4.97. The first kappa shape index (κ1) is 15.5. The van der Waals surface area contributed by atoms with Crippen LogP contribution in [-0.2, 0) is 4.74 Å². The van der Waals surface area contributed by atoms with Gasteiger partial charge < -0.3 is 10.1 Å². The Bertz CT molecular complexity index is 858. The third-order valence-corrected chi connectivity index (χ3v) is 3.43. The van der Waals surface area contributed by atoms with E-state index in [0.29, 0.717) is 16.9 Å². The van der Waals surface area contributed by atoms with E-state index in [1.807, 2.05) is 36.4 Å². The molecule has 6 heteroatoms. The Hall–Kier alpha value is -3.41. The number of carbonyl (C=O) groups is 2. The average Bonchev–Trinajstić information content (AvgIpc) is 3.06. The summed E-state index contributed by atoms with van der Waals surface area (Å²) in [4.78, 5) is 24.5. The number of rotatable bonds is 4. The molecule has 120 valence electrons. The lowest BCUT2D eigenvalue weighted by Crippen LogP contribution is -2.16. The zero-order chi connectivity index (χ0) is 16.9. The third kappa shape index (κ3) is 3.03. The van der Waals surface area contributed by atoms with E-state index in [-0.39, 0.29) is 11.6 Å². The Labute approximate surface area is 138 Å². The van der Waals surface area contributed by atoms with E-state index in [1.54, 1.807) is 24.3 Å². The van der Waals surface area contributed by atoms with Gasteiger partial charge in [0.1, 0.15) is 0 Å². The predicted molar refractivity (Wildman–Crippen MR) is 89.3 cm³/mol. The van der Waals surface area contributed by atoms with E-state index in [4.69, 9.17) is 4.74 Å². The van der Waals surface area contributed by atoms with Gasteiger partial charge >= 0.3 is 5.97 Å². The topological polar surface area (TPSA) is 73.2 Å². The van der Waals surface area contributed by atoms with E-state index in [0.717, 1.165) is 0 Å². The van der Waals surface area contributed by atoms with Gasteiger partial charge in [0.05, 0.1) is 24.7 Å². The number of carbonyl (C=O) groups excluding carboxylic acids is 2. The fourth-order valence-corrected chi connectivity index (χ4v) is 2.28. The first-order valence-corrected chi connectivity index (χ1v) is 7.29. The minimum absolute atomic E-state index is 0.160. The molecule has 24 heavy (non-hydrogen) atoms. The lowest BCUT2D eigenvalue weighted by molar-refractivity contribution is 0.0591. The summed E-state index contributed by atoms with van der Waals surface area (Å²) in [7, 11) is 1.29. The van der Waals surface area contributed by atoms with Crippen LogP contribution in [0.1, 0.15) is 20.8 Å². The van der Waals surface area contributed by atoms with Crippen molar-refractivity contribution in [1.29, 1.82) is 0 Å². The van der Waals surface area contributed by atoms with Gasteiger partial charge in [-0.1, -0.05) is 36.4 Å². The number of hydrogen-bond acceptors (Lipinski definition) is 4. The zero-order valence-electron chi connectivity index (χ0n) is 13.0. The summed E-state index contributed by atoms with van der Waals surface area (Å²) < 4.78 is 6.27. The Morgan fingerprint density at radius 2 is 1.62 bits per heavy atom. The summed E-state index contributed by atoms with van der Waals surface area (Å²) in [6, 6.07) is 17.9. The number of para-hydroxylation sites is 1. The van der Waals surface area contributed by atoms with E-state index >= 15 is 0 Å². The first-order valence-electron chi connectivity index (χ1n) is 7.29. The maximum Gasteiger partial charge on any atom is 0.358 e. The quantitative estimate of drug-likeness (QED) is 0.750. The molecule has 0 saturated carbocycles. The lowest BCUT2D eigenvalue weighted by Gasteiger charge is -2.09. The zero-order valence-corrected chi connectivity index (χ0v) is 13.0. The number of aromatic nitrogens is 2. The van der Waals surface area contributed by atoms with Crippen molar-refractivity contribution in [2.24, 2.45) is 0 Å². The molecule has 1 amide bonds. The molecule has 0 unspecified atom stereocenters.